The quantitative estimate of drug-likeness (QED) is 0.888. The number of fused-ring (bicyclic) bond motifs is 1. The summed E-state index contributed by atoms with van der Waals surface area (Å²) in [7, 11) is 0. The summed E-state index contributed by atoms with van der Waals surface area (Å²) in [6.45, 7) is 6.03. The molecule has 0 amide bonds. The Morgan fingerprint density at radius 3 is 2.74 bits per heavy atom. The number of hydroxylamine groups is 1. The number of anilines is 1. The molecule has 1 atom stereocenters. The first kappa shape index (κ1) is 13.9. The third kappa shape index (κ3) is 2.89. The summed E-state index contributed by atoms with van der Waals surface area (Å²) in [5, 5.41) is 1.70. The highest BCUT2D eigenvalue weighted by Gasteiger charge is 2.32. The molecule has 1 unspecified atom stereocenters. The SMILES string of the molecule is CC(C)(C)C(=O)ON1c2ccccc2CCC1CN. The van der Waals surface area contributed by atoms with Gasteiger partial charge in [0.05, 0.1) is 17.1 Å². The summed E-state index contributed by atoms with van der Waals surface area (Å²) in [5.41, 5.74) is 7.44. The van der Waals surface area contributed by atoms with Gasteiger partial charge in [-0.1, -0.05) is 18.2 Å². The third-order valence-electron chi connectivity index (χ3n) is 3.37. The monoisotopic (exact) mass is 262 g/mol. The summed E-state index contributed by atoms with van der Waals surface area (Å²) < 4.78 is 0. The minimum atomic E-state index is -0.522. The van der Waals surface area contributed by atoms with Crippen molar-refractivity contribution in [2.45, 2.75) is 39.7 Å². The maximum atomic E-state index is 12.1. The lowest BCUT2D eigenvalue weighted by molar-refractivity contribution is -0.155. The molecule has 0 bridgehead atoms. The topological polar surface area (TPSA) is 55.6 Å². The minimum Gasteiger partial charge on any atom is -0.340 e. The van der Waals surface area contributed by atoms with E-state index in [0.717, 1.165) is 18.5 Å². The molecule has 1 aromatic rings. The van der Waals surface area contributed by atoms with Gasteiger partial charge in [0.25, 0.3) is 0 Å². The van der Waals surface area contributed by atoms with E-state index in [1.807, 2.05) is 39.0 Å². The molecular formula is C15H22N2O2. The van der Waals surface area contributed by atoms with Gasteiger partial charge in [-0.2, -0.15) is 0 Å². The van der Waals surface area contributed by atoms with Gasteiger partial charge in [-0.3, -0.25) is 0 Å². The van der Waals surface area contributed by atoms with E-state index in [1.165, 1.54) is 5.56 Å². The molecule has 2 rings (SSSR count). The summed E-state index contributed by atoms with van der Waals surface area (Å²) >= 11 is 0. The van der Waals surface area contributed by atoms with E-state index in [0.29, 0.717) is 6.54 Å². The van der Waals surface area contributed by atoms with Crippen molar-refractivity contribution >= 4 is 11.7 Å². The van der Waals surface area contributed by atoms with Crippen LogP contribution >= 0.6 is 0 Å². The Bertz CT molecular complexity index is 465. The molecule has 4 heteroatoms. The van der Waals surface area contributed by atoms with Gasteiger partial charge < -0.3 is 10.6 Å². The van der Waals surface area contributed by atoms with Gasteiger partial charge in [-0.15, -0.1) is 0 Å². The molecule has 4 nitrogen and oxygen atoms in total. The third-order valence-corrected chi connectivity index (χ3v) is 3.37. The van der Waals surface area contributed by atoms with Gasteiger partial charge in [0.15, 0.2) is 0 Å². The number of carbonyl (C=O) groups is 1. The lowest BCUT2D eigenvalue weighted by atomic mass is 9.96. The molecule has 1 aliphatic heterocycles. The first-order valence-electron chi connectivity index (χ1n) is 6.73. The fraction of sp³-hybridized carbons (Fsp3) is 0.533. The molecule has 104 valence electrons. The summed E-state index contributed by atoms with van der Waals surface area (Å²) in [4.78, 5) is 17.7. The van der Waals surface area contributed by atoms with Crippen LogP contribution in [0.15, 0.2) is 24.3 Å². The first-order chi connectivity index (χ1) is 8.93. The zero-order chi connectivity index (χ0) is 14.0. The molecular weight excluding hydrogens is 240 g/mol. The Hall–Kier alpha value is -1.55. The number of aryl methyl sites for hydroxylation is 1. The van der Waals surface area contributed by atoms with Crippen LogP contribution in [0.3, 0.4) is 0 Å². The number of hydrogen-bond donors (Lipinski definition) is 1. The maximum absolute atomic E-state index is 12.1. The van der Waals surface area contributed by atoms with Crippen molar-refractivity contribution in [2.75, 3.05) is 11.6 Å². The highest BCUT2D eigenvalue weighted by Crippen LogP contribution is 2.31. The highest BCUT2D eigenvalue weighted by molar-refractivity contribution is 5.77. The number of hydrogen-bond acceptors (Lipinski definition) is 4. The molecule has 1 aromatic carbocycles. The molecule has 0 radical (unpaired) electrons. The molecule has 0 fully saturated rings. The van der Waals surface area contributed by atoms with E-state index in [1.54, 1.807) is 5.06 Å². The van der Waals surface area contributed by atoms with Gasteiger partial charge in [0.1, 0.15) is 0 Å². The van der Waals surface area contributed by atoms with Crippen LogP contribution in [0.25, 0.3) is 0 Å². The van der Waals surface area contributed by atoms with Crippen molar-refractivity contribution in [3.05, 3.63) is 29.8 Å². The Morgan fingerprint density at radius 1 is 1.42 bits per heavy atom. The first-order valence-corrected chi connectivity index (χ1v) is 6.73. The summed E-state index contributed by atoms with van der Waals surface area (Å²) in [5.74, 6) is -0.234. The van der Waals surface area contributed by atoms with E-state index in [-0.39, 0.29) is 12.0 Å². The number of benzene rings is 1. The van der Waals surface area contributed by atoms with Crippen LogP contribution in [-0.4, -0.2) is 18.6 Å². The molecule has 0 aromatic heterocycles. The predicted molar refractivity (Wildman–Crippen MR) is 75.6 cm³/mol. The molecule has 2 N–H and O–H groups in total. The van der Waals surface area contributed by atoms with E-state index in [4.69, 9.17) is 10.6 Å². The molecule has 0 saturated carbocycles. The van der Waals surface area contributed by atoms with Crippen LogP contribution in [-0.2, 0) is 16.1 Å². The zero-order valence-corrected chi connectivity index (χ0v) is 11.8. The molecule has 1 aliphatic rings. The molecule has 1 heterocycles. The van der Waals surface area contributed by atoms with Gasteiger partial charge in [0.2, 0.25) is 0 Å². The molecule has 19 heavy (non-hydrogen) atoms. The van der Waals surface area contributed by atoms with Crippen molar-refractivity contribution in [1.82, 2.24) is 0 Å². The second-order valence-electron chi connectivity index (χ2n) is 6.01. The van der Waals surface area contributed by atoms with Crippen LogP contribution in [0.2, 0.25) is 0 Å². The summed E-state index contributed by atoms with van der Waals surface area (Å²) in [6, 6.07) is 8.06. The van der Waals surface area contributed by atoms with Crippen molar-refractivity contribution in [3.63, 3.8) is 0 Å². The average Bonchev–Trinajstić information content (AvgIpc) is 2.38. The van der Waals surface area contributed by atoms with Gasteiger partial charge >= 0.3 is 5.97 Å². The fourth-order valence-corrected chi connectivity index (χ4v) is 2.14. The smallest absolute Gasteiger partial charge is 0.337 e. The maximum Gasteiger partial charge on any atom is 0.337 e. The number of para-hydroxylation sites is 1. The molecule has 0 aliphatic carbocycles. The number of nitrogens with zero attached hydrogens (tertiary/aromatic N) is 1. The number of carbonyl (C=O) groups excluding carboxylic acids is 1. The van der Waals surface area contributed by atoms with Crippen LogP contribution in [0.5, 0.6) is 0 Å². The summed E-state index contributed by atoms with van der Waals surface area (Å²) in [6.07, 6.45) is 1.88. The minimum absolute atomic E-state index is 0.0567. The Morgan fingerprint density at radius 2 is 2.11 bits per heavy atom. The van der Waals surface area contributed by atoms with Crippen molar-refractivity contribution in [2.24, 2.45) is 11.1 Å². The molecule has 0 spiro atoms. The second kappa shape index (κ2) is 5.21. The number of rotatable bonds is 2. The average molecular weight is 262 g/mol. The fourth-order valence-electron chi connectivity index (χ4n) is 2.14. The van der Waals surface area contributed by atoms with Crippen LogP contribution in [0.4, 0.5) is 5.69 Å². The lowest BCUT2D eigenvalue weighted by Crippen LogP contribution is -2.46. The highest BCUT2D eigenvalue weighted by atomic mass is 16.7. The number of nitrogens with two attached hydrogens (primary N) is 1. The van der Waals surface area contributed by atoms with Crippen molar-refractivity contribution in [1.29, 1.82) is 0 Å². The van der Waals surface area contributed by atoms with E-state index >= 15 is 0 Å². The second-order valence-corrected chi connectivity index (χ2v) is 6.01. The van der Waals surface area contributed by atoms with Gasteiger partial charge in [-0.25, -0.2) is 9.86 Å². The van der Waals surface area contributed by atoms with Crippen LogP contribution in [0.1, 0.15) is 32.8 Å². The predicted octanol–water partition coefficient (Wildman–Crippen LogP) is 2.27. The Labute approximate surface area is 114 Å². The van der Waals surface area contributed by atoms with Crippen LogP contribution < -0.4 is 10.8 Å². The normalized spacial score (nSPS) is 18.9. The Balaban J connectivity index is 2.27. The van der Waals surface area contributed by atoms with Gasteiger partial charge in [-0.05, 0) is 45.2 Å². The van der Waals surface area contributed by atoms with Crippen molar-refractivity contribution in [3.8, 4) is 0 Å². The zero-order valence-electron chi connectivity index (χ0n) is 11.8. The van der Waals surface area contributed by atoms with Crippen molar-refractivity contribution < 1.29 is 9.63 Å². The van der Waals surface area contributed by atoms with E-state index in [2.05, 4.69) is 6.07 Å². The standard InChI is InChI=1S/C15H22N2O2/c1-15(2,3)14(18)19-17-12(10-16)9-8-11-6-4-5-7-13(11)17/h4-7,12H,8-10,16H2,1-3H3. The van der Waals surface area contributed by atoms with E-state index in [9.17, 15) is 4.79 Å². The Kier molecular flexibility index (Phi) is 3.80. The molecule has 0 saturated heterocycles. The lowest BCUT2D eigenvalue weighted by Gasteiger charge is -2.37. The largest absolute Gasteiger partial charge is 0.340 e. The van der Waals surface area contributed by atoms with E-state index < -0.39 is 5.41 Å². The van der Waals surface area contributed by atoms with Crippen LogP contribution in [0, 0.1) is 5.41 Å². The van der Waals surface area contributed by atoms with Gasteiger partial charge in [0, 0.05) is 6.54 Å².